The molecule has 11 nitrogen and oxygen atoms in total. The summed E-state index contributed by atoms with van der Waals surface area (Å²) in [5, 5.41) is 11.6. The van der Waals surface area contributed by atoms with Gasteiger partial charge in [-0.05, 0) is 92.6 Å². The molecule has 7 rings (SSSR count). The fraction of sp³-hybridized carbons (Fsp3) is 0.275. The Kier molecular flexibility index (Phi) is 9.96. The Bertz CT molecular complexity index is 2180. The number of hydrogen-bond donors (Lipinski definition) is 2. The lowest BCUT2D eigenvalue weighted by molar-refractivity contribution is 0.0948. The summed E-state index contributed by atoms with van der Waals surface area (Å²) < 4.78 is 22.5. The van der Waals surface area contributed by atoms with Crippen LogP contribution in [0.25, 0.3) is 22.5 Å². The minimum atomic E-state index is -0.986. The highest BCUT2D eigenvalue weighted by atomic mass is 19.1. The van der Waals surface area contributed by atoms with E-state index in [-0.39, 0.29) is 23.6 Å². The zero-order valence-corrected chi connectivity index (χ0v) is 29.1. The third kappa shape index (κ3) is 7.65. The number of amidine groups is 1. The molecule has 1 saturated heterocycles. The van der Waals surface area contributed by atoms with Crippen LogP contribution in [0.15, 0.2) is 96.2 Å². The number of carbonyl (C=O) groups excluding carboxylic acids is 2. The number of benzene rings is 3. The Morgan fingerprint density at radius 3 is 2.60 bits per heavy atom. The molecule has 266 valence electrons. The van der Waals surface area contributed by atoms with Crippen molar-refractivity contribution in [3.63, 3.8) is 0 Å². The highest BCUT2D eigenvalue weighted by Crippen LogP contribution is 2.40. The summed E-state index contributed by atoms with van der Waals surface area (Å²) >= 11 is 0. The summed E-state index contributed by atoms with van der Waals surface area (Å²) in [6.07, 6.45) is 4.43. The number of allylic oxidation sites excluding steroid dienone is 2. The number of nitrogens with zero attached hydrogens (tertiary/aromatic N) is 5. The van der Waals surface area contributed by atoms with Crippen molar-refractivity contribution in [3.8, 4) is 17.0 Å². The zero-order chi connectivity index (χ0) is 36.2. The van der Waals surface area contributed by atoms with Gasteiger partial charge in [-0.2, -0.15) is 5.10 Å². The third-order valence-electron chi connectivity index (χ3n) is 9.61. The second-order valence-corrected chi connectivity index (χ2v) is 13.1. The SMILES string of the molecule is C/C=C(/C)c1ccccc1CCNC(=O)c1cc(C2CC2)n2nc(-c3ccc(N4CC[C@H](/C(N)=N/OC(=O)Oc5ccccc5)C4)cc3F)cc2n1. The van der Waals surface area contributed by atoms with Gasteiger partial charge in [0.25, 0.3) is 5.91 Å². The summed E-state index contributed by atoms with van der Waals surface area (Å²) in [6, 6.07) is 25.3. The fourth-order valence-electron chi connectivity index (χ4n) is 6.51. The van der Waals surface area contributed by atoms with Crippen LogP contribution in [0.5, 0.6) is 5.75 Å². The van der Waals surface area contributed by atoms with Gasteiger partial charge in [-0.25, -0.2) is 18.7 Å². The molecule has 2 fully saturated rings. The van der Waals surface area contributed by atoms with Crippen molar-refractivity contribution in [1.82, 2.24) is 19.9 Å². The van der Waals surface area contributed by atoms with Crippen LogP contribution < -0.4 is 20.7 Å². The van der Waals surface area contributed by atoms with E-state index in [9.17, 15) is 9.59 Å². The Labute approximate surface area is 300 Å². The maximum absolute atomic E-state index is 15.7. The molecule has 0 radical (unpaired) electrons. The second-order valence-electron chi connectivity index (χ2n) is 13.1. The number of hydrogen-bond acceptors (Lipinski definition) is 8. The largest absolute Gasteiger partial charge is 0.540 e. The number of fused-ring (bicyclic) bond motifs is 1. The Balaban J connectivity index is 1.02. The Morgan fingerprint density at radius 2 is 1.83 bits per heavy atom. The van der Waals surface area contributed by atoms with E-state index >= 15 is 4.39 Å². The molecule has 3 heterocycles. The van der Waals surface area contributed by atoms with Crippen molar-refractivity contribution < 1.29 is 23.6 Å². The van der Waals surface area contributed by atoms with E-state index in [1.165, 1.54) is 22.8 Å². The molecule has 1 aliphatic carbocycles. The minimum Gasteiger partial charge on any atom is -0.393 e. The van der Waals surface area contributed by atoms with Crippen LogP contribution in [0, 0.1) is 11.7 Å². The summed E-state index contributed by atoms with van der Waals surface area (Å²) in [4.78, 5) is 36.8. The van der Waals surface area contributed by atoms with E-state index in [1.54, 1.807) is 47.0 Å². The van der Waals surface area contributed by atoms with Gasteiger partial charge in [-0.15, -0.1) is 0 Å². The summed E-state index contributed by atoms with van der Waals surface area (Å²) in [7, 11) is 0. The molecule has 0 bridgehead atoms. The standard InChI is InChI=1S/C40H40FN7O4/c1-3-25(2)31-12-8-7-9-26(31)17-19-43-39(49)35-22-36(27-13-14-27)48-37(44-35)23-34(45-48)32-16-15-29(21-33(32)41)47-20-18-28(24-47)38(42)46-52-40(50)51-30-10-5-4-6-11-30/h3-12,15-16,21-23,27-28H,13-14,17-20,24H2,1-2H3,(H2,42,46)(H,43,49)/b25-3-/t28-/m0/s1. The number of rotatable bonds is 11. The molecular weight excluding hydrogens is 661 g/mol. The number of anilines is 1. The van der Waals surface area contributed by atoms with Gasteiger partial charge in [-0.3, -0.25) is 9.63 Å². The molecule has 52 heavy (non-hydrogen) atoms. The first kappa shape index (κ1) is 34.4. The first-order valence-corrected chi connectivity index (χ1v) is 17.5. The van der Waals surface area contributed by atoms with E-state index in [0.717, 1.165) is 18.5 Å². The molecule has 2 aromatic heterocycles. The number of nitrogens with one attached hydrogen (secondary N) is 1. The van der Waals surface area contributed by atoms with Gasteiger partial charge in [0.05, 0.1) is 5.69 Å². The lowest BCUT2D eigenvalue weighted by Gasteiger charge is -2.19. The molecule has 0 unspecified atom stereocenters. The maximum atomic E-state index is 15.7. The molecule has 1 amide bonds. The highest BCUT2D eigenvalue weighted by Gasteiger charge is 2.30. The van der Waals surface area contributed by atoms with Crippen LogP contribution in [0.4, 0.5) is 14.9 Å². The normalized spacial score (nSPS) is 16.3. The molecule has 1 saturated carbocycles. The number of carbonyl (C=O) groups is 2. The number of oxime groups is 1. The first-order chi connectivity index (χ1) is 25.3. The molecule has 1 aliphatic heterocycles. The van der Waals surface area contributed by atoms with E-state index in [4.69, 9.17) is 20.4 Å². The topological polar surface area (TPSA) is 136 Å². The average molecular weight is 702 g/mol. The molecule has 3 aromatic carbocycles. The predicted octanol–water partition coefficient (Wildman–Crippen LogP) is 7.12. The van der Waals surface area contributed by atoms with Crippen LogP contribution in [0.2, 0.25) is 0 Å². The van der Waals surface area contributed by atoms with Crippen molar-refractivity contribution in [3.05, 3.63) is 119 Å². The molecule has 3 N–H and O–H groups in total. The number of ether oxygens (including phenoxy) is 1. The van der Waals surface area contributed by atoms with Gasteiger partial charge >= 0.3 is 6.16 Å². The van der Waals surface area contributed by atoms with Crippen LogP contribution in [-0.4, -0.2) is 52.1 Å². The molecule has 5 aromatic rings. The molecule has 1 atom stereocenters. The van der Waals surface area contributed by atoms with Gasteiger partial charge in [-0.1, -0.05) is 53.7 Å². The lowest BCUT2D eigenvalue weighted by atomic mass is 9.98. The maximum Gasteiger partial charge on any atom is 0.540 e. The van der Waals surface area contributed by atoms with Crippen LogP contribution >= 0.6 is 0 Å². The van der Waals surface area contributed by atoms with Crippen molar-refractivity contribution in [1.29, 1.82) is 0 Å². The van der Waals surface area contributed by atoms with E-state index in [2.05, 4.69) is 40.6 Å². The summed E-state index contributed by atoms with van der Waals surface area (Å²) in [5.74, 6) is -0.118. The third-order valence-corrected chi connectivity index (χ3v) is 9.61. The highest BCUT2D eigenvalue weighted by molar-refractivity contribution is 5.93. The Morgan fingerprint density at radius 1 is 1.04 bits per heavy atom. The second kappa shape index (κ2) is 15.1. The molecule has 12 heteroatoms. The number of amides is 1. The minimum absolute atomic E-state index is 0.158. The fourth-order valence-corrected chi connectivity index (χ4v) is 6.51. The molecular formula is C40H40FN7O4. The van der Waals surface area contributed by atoms with Crippen molar-refractivity contribution in [2.45, 2.75) is 45.4 Å². The van der Waals surface area contributed by atoms with Gasteiger partial charge in [0, 0.05) is 54.5 Å². The van der Waals surface area contributed by atoms with Gasteiger partial charge in [0.2, 0.25) is 0 Å². The van der Waals surface area contributed by atoms with Crippen LogP contribution in [0.1, 0.15) is 66.3 Å². The average Bonchev–Trinajstić information content (AvgIpc) is 3.72. The van der Waals surface area contributed by atoms with Crippen LogP contribution in [-0.2, 0) is 11.3 Å². The zero-order valence-electron chi connectivity index (χ0n) is 29.1. The smallest absolute Gasteiger partial charge is 0.393 e. The van der Waals surface area contributed by atoms with E-state index in [0.29, 0.717) is 66.5 Å². The molecule has 2 aliphatic rings. The number of nitrogens with two attached hydrogens (primary N) is 1. The summed E-state index contributed by atoms with van der Waals surface area (Å²) in [6.45, 7) is 5.66. The Hall–Kier alpha value is -6.04. The van der Waals surface area contributed by atoms with Crippen molar-refractivity contribution in [2.24, 2.45) is 16.8 Å². The lowest BCUT2D eigenvalue weighted by Crippen LogP contribution is -2.28. The summed E-state index contributed by atoms with van der Waals surface area (Å²) in [5.41, 5.74) is 12.8. The van der Waals surface area contributed by atoms with E-state index in [1.807, 2.05) is 36.1 Å². The van der Waals surface area contributed by atoms with Gasteiger partial charge in [0.15, 0.2) is 5.65 Å². The quantitative estimate of drug-likeness (QED) is 0.0371. The predicted molar refractivity (Wildman–Crippen MR) is 198 cm³/mol. The van der Waals surface area contributed by atoms with Gasteiger partial charge < -0.3 is 20.7 Å². The number of aromatic nitrogens is 3. The van der Waals surface area contributed by atoms with Crippen LogP contribution in [0.3, 0.4) is 0 Å². The molecule has 0 spiro atoms. The first-order valence-electron chi connectivity index (χ1n) is 17.5. The van der Waals surface area contributed by atoms with Gasteiger partial charge in [0.1, 0.15) is 23.1 Å². The van der Waals surface area contributed by atoms with E-state index < -0.39 is 12.0 Å². The number of para-hydroxylation sites is 1. The van der Waals surface area contributed by atoms with Crippen molar-refractivity contribution >= 4 is 34.8 Å². The van der Waals surface area contributed by atoms with Crippen molar-refractivity contribution in [2.75, 3.05) is 24.5 Å². The monoisotopic (exact) mass is 701 g/mol. The number of halogens is 1.